The number of tetrazole rings is 1. The van der Waals surface area contributed by atoms with E-state index >= 15 is 0 Å². The minimum atomic E-state index is -4.77. The van der Waals surface area contributed by atoms with Gasteiger partial charge in [-0.15, -0.1) is 23.4 Å². The van der Waals surface area contributed by atoms with Gasteiger partial charge in [0.2, 0.25) is 5.82 Å². The molecule has 1 aliphatic heterocycles. The topological polar surface area (TPSA) is 99.2 Å². The first-order valence-corrected chi connectivity index (χ1v) is 10.6. The van der Waals surface area contributed by atoms with Crippen molar-refractivity contribution in [1.29, 1.82) is 0 Å². The molecule has 0 aliphatic carbocycles. The van der Waals surface area contributed by atoms with Crippen LogP contribution in [0.1, 0.15) is 24.0 Å². The van der Waals surface area contributed by atoms with Crippen molar-refractivity contribution in [2.45, 2.75) is 31.2 Å². The molecule has 1 radical (unpaired) electrons. The Labute approximate surface area is 188 Å². The molecule has 0 spiro atoms. The average Bonchev–Trinajstić information content (AvgIpc) is 3.24. The van der Waals surface area contributed by atoms with Crippen molar-refractivity contribution in [2.24, 2.45) is 13.0 Å². The van der Waals surface area contributed by atoms with Gasteiger partial charge in [0.05, 0.1) is 12.6 Å². The number of hydrogen-bond donors (Lipinski definition) is 2. The van der Waals surface area contributed by atoms with Crippen LogP contribution in [0.15, 0.2) is 48.5 Å². The Morgan fingerprint density at radius 3 is 2.30 bits per heavy atom. The number of alkyl halides is 3. The molecule has 1 fully saturated rings. The summed E-state index contributed by atoms with van der Waals surface area (Å²) in [4.78, 5) is 1.38. The zero-order valence-electron chi connectivity index (χ0n) is 18.0. The maximum absolute atomic E-state index is 12.6. The van der Waals surface area contributed by atoms with Crippen molar-refractivity contribution in [2.75, 3.05) is 13.1 Å². The van der Waals surface area contributed by atoms with Crippen LogP contribution in [-0.4, -0.2) is 44.9 Å². The van der Waals surface area contributed by atoms with Crippen LogP contribution in [0.5, 0.6) is 5.75 Å². The number of ether oxygens (including phenoxy) is 1. The Morgan fingerprint density at radius 2 is 1.76 bits per heavy atom. The molecule has 2 aromatic carbocycles. The molecule has 1 aromatic heterocycles. The van der Waals surface area contributed by atoms with Crippen LogP contribution in [0.2, 0.25) is 0 Å². The third-order valence-electron chi connectivity index (χ3n) is 5.97. The Bertz CT molecular complexity index is 1050. The zero-order chi connectivity index (χ0) is 23.5. The van der Waals surface area contributed by atoms with Crippen LogP contribution in [0, 0.1) is 5.92 Å². The number of nitrogens with one attached hydrogen (secondary N) is 1. The molecule has 175 valence electrons. The molecular weight excluding hydrogens is 437 g/mol. The normalized spacial score (nSPS) is 17.0. The lowest BCUT2D eigenvalue weighted by Gasteiger charge is -2.41. The molecule has 2 heterocycles. The standard InChI is InChI=1S/C22H24F3N6O2/c1-31-28-20(27-30-31)16-4-2-15(3-5-16)14-21(29-32,18-10-12-26-13-11-18)17-6-8-19(9-7-17)33-22(23,24)25/h2-9,18,26,32H,10-14H2,1H3. The fourth-order valence-corrected chi connectivity index (χ4v) is 4.38. The summed E-state index contributed by atoms with van der Waals surface area (Å²) in [6.45, 7) is 1.54. The Balaban J connectivity index is 1.64. The van der Waals surface area contributed by atoms with Gasteiger partial charge < -0.3 is 10.1 Å². The number of aryl methyl sites for hydroxylation is 1. The molecule has 1 unspecified atom stereocenters. The van der Waals surface area contributed by atoms with Gasteiger partial charge in [0, 0.05) is 5.56 Å². The van der Waals surface area contributed by atoms with Crippen molar-refractivity contribution in [1.82, 2.24) is 31.0 Å². The number of rotatable bonds is 7. The SMILES string of the molecule is Cn1nnc(-c2ccc(CC([N]O)(c3ccc(OC(F)(F)F)cc3)C3CCNCC3)cc2)n1. The monoisotopic (exact) mass is 461 g/mol. The Morgan fingerprint density at radius 1 is 1.09 bits per heavy atom. The summed E-state index contributed by atoms with van der Waals surface area (Å²) in [5.74, 6) is 0.185. The predicted octanol–water partition coefficient (Wildman–Crippen LogP) is 3.21. The van der Waals surface area contributed by atoms with E-state index in [1.54, 1.807) is 19.2 Å². The maximum atomic E-state index is 12.6. The molecule has 0 amide bonds. The fourth-order valence-electron chi connectivity index (χ4n) is 4.38. The molecule has 1 saturated heterocycles. The van der Waals surface area contributed by atoms with Crippen molar-refractivity contribution >= 4 is 0 Å². The second-order valence-electron chi connectivity index (χ2n) is 8.10. The van der Waals surface area contributed by atoms with E-state index in [1.807, 2.05) is 24.3 Å². The molecular formula is C22H24F3N6O2. The molecule has 8 nitrogen and oxygen atoms in total. The second kappa shape index (κ2) is 9.46. The quantitative estimate of drug-likeness (QED) is 0.525. The lowest BCUT2D eigenvalue weighted by Crippen LogP contribution is -2.48. The third-order valence-corrected chi connectivity index (χ3v) is 5.97. The minimum Gasteiger partial charge on any atom is -0.406 e. The lowest BCUT2D eigenvalue weighted by molar-refractivity contribution is -0.274. The van der Waals surface area contributed by atoms with Crippen molar-refractivity contribution in [3.8, 4) is 17.1 Å². The highest BCUT2D eigenvalue weighted by Gasteiger charge is 2.42. The van der Waals surface area contributed by atoms with E-state index in [0.29, 0.717) is 17.8 Å². The molecule has 1 atom stereocenters. The van der Waals surface area contributed by atoms with E-state index < -0.39 is 11.9 Å². The maximum Gasteiger partial charge on any atom is 0.573 e. The van der Waals surface area contributed by atoms with Crippen LogP contribution in [-0.2, 0) is 19.0 Å². The zero-order valence-corrected chi connectivity index (χ0v) is 18.0. The van der Waals surface area contributed by atoms with Gasteiger partial charge in [-0.1, -0.05) is 41.9 Å². The predicted molar refractivity (Wildman–Crippen MR) is 112 cm³/mol. The smallest absolute Gasteiger partial charge is 0.406 e. The van der Waals surface area contributed by atoms with Gasteiger partial charge in [-0.2, -0.15) is 4.80 Å². The number of hydrogen-bond acceptors (Lipinski definition) is 6. The summed E-state index contributed by atoms with van der Waals surface area (Å²) in [7, 11) is 1.69. The van der Waals surface area contributed by atoms with Crippen molar-refractivity contribution in [3.63, 3.8) is 0 Å². The first-order chi connectivity index (χ1) is 15.8. The molecule has 0 saturated carbocycles. The first-order valence-electron chi connectivity index (χ1n) is 10.6. The van der Waals surface area contributed by atoms with Gasteiger partial charge >= 0.3 is 6.36 Å². The van der Waals surface area contributed by atoms with Crippen LogP contribution < -0.4 is 15.5 Å². The highest BCUT2D eigenvalue weighted by Crippen LogP contribution is 2.40. The average molecular weight is 461 g/mol. The van der Waals surface area contributed by atoms with E-state index in [1.165, 1.54) is 16.9 Å². The number of piperidine rings is 1. The number of benzene rings is 2. The minimum absolute atomic E-state index is 0.000493. The van der Waals surface area contributed by atoms with Crippen molar-refractivity contribution < 1.29 is 23.1 Å². The number of halogens is 3. The van der Waals surface area contributed by atoms with Crippen LogP contribution in [0.25, 0.3) is 11.4 Å². The third kappa shape index (κ3) is 5.32. The van der Waals surface area contributed by atoms with Gasteiger partial charge in [-0.05, 0) is 66.7 Å². The number of aromatic nitrogens is 4. The molecule has 3 aromatic rings. The second-order valence-corrected chi connectivity index (χ2v) is 8.10. The van der Waals surface area contributed by atoms with E-state index in [2.05, 4.69) is 30.9 Å². The van der Waals surface area contributed by atoms with Gasteiger partial charge in [0.1, 0.15) is 5.75 Å². The van der Waals surface area contributed by atoms with Crippen LogP contribution >= 0.6 is 0 Å². The van der Waals surface area contributed by atoms with E-state index in [-0.39, 0.29) is 11.7 Å². The summed E-state index contributed by atoms with van der Waals surface area (Å²) < 4.78 is 41.7. The molecule has 0 bridgehead atoms. The molecule has 4 rings (SSSR count). The van der Waals surface area contributed by atoms with Crippen molar-refractivity contribution in [3.05, 3.63) is 59.7 Å². The molecule has 11 heteroatoms. The highest BCUT2D eigenvalue weighted by atomic mass is 19.4. The summed E-state index contributed by atoms with van der Waals surface area (Å²) in [5, 5.41) is 25.6. The van der Waals surface area contributed by atoms with E-state index in [9.17, 15) is 18.4 Å². The van der Waals surface area contributed by atoms with Gasteiger partial charge in [0.15, 0.2) is 0 Å². The molecule has 1 aliphatic rings. The lowest BCUT2D eigenvalue weighted by atomic mass is 9.70. The van der Waals surface area contributed by atoms with Gasteiger partial charge in [0.25, 0.3) is 0 Å². The summed E-state index contributed by atoms with van der Waals surface area (Å²) >= 11 is 0. The fraction of sp³-hybridized carbons (Fsp3) is 0.409. The highest BCUT2D eigenvalue weighted by molar-refractivity contribution is 5.54. The number of nitrogens with zero attached hydrogens (tertiary/aromatic N) is 5. The Hall–Kier alpha value is -3.02. The molecule has 2 N–H and O–H groups in total. The van der Waals surface area contributed by atoms with Gasteiger partial charge in [-0.3, -0.25) is 5.21 Å². The summed E-state index contributed by atoms with van der Waals surface area (Å²) in [6, 6.07) is 13.2. The van der Waals surface area contributed by atoms with Crippen LogP contribution in [0.4, 0.5) is 13.2 Å². The summed E-state index contributed by atoms with van der Waals surface area (Å²) in [6.07, 6.45) is -2.85. The van der Waals surface area contributed by atoms with E-state index in [4.69, 9.17) is 0 Å². The first kappa shape index (κ1) is 23.1. The molecule has 33 heavy (non-hydrogen) atoms. The summed E-state index contributed by atoms with van der Waals surface area (Å²) in [5.41, 5.74) is 5.20. The van der Waals surface area contributed by atoms with Gasteiger partial charge in [-0.25, -0.2) is 0 Å². The Kier molecular flexibility index (Phi) is 6.63. The number of hydroxylamine groups is 1. The van der Waals surface area contributed by atoms with E-state index in [0.717, 1.165) is 37.1 Å². The van der Waals surface area contributed by atoms with Crippen LogP contribution in [0.3, 0.4) is 0 Å². The largest absolute Gasteiger partial charge is 0.573 e.